The van der Waals surface area contributed by atoms with E-state index >= 15 is 0 Å². The number of para-hydroxylation sites is 1. The highest BCUT2D eigenvalue weighted by Crippen LogP contribution is 2.28. The van der Waals surface area contributed by atoms with Crippen LogP contribution in [0.3, 0.4) is 0 Å². The van der Waals surface area contributed by atoms with Crippen molar-refractivity contribution in [2.24, 2.45) is 0 Å². The van der Waals surface area contributed by atoms with Gasteiger partial charge in [-0.15, -0.1) is 10.2 Å². The molecule has 0 aliphatic carbocycles. The van der Waals surface area contributed by atoms with E-state index < -0.39 is 0 Å². The summed E-state index contributed by atoms with van der Waals surface area (Å²) in [5.41, 5.74) is 3.15. The second-order valence-corrected chi connectivity index (χ2v) is 7.99. The highest BCUT2D eigenvalue weighted by molar-refractivity contribution is 8.01. The van der Waals surface area contributed by atoms with Gasteiger partial charge in [-0.3, -0.25) is 4.79 Å². The number of nitrogens with zero attached hydrogens (tertiary/aromatic N) is 3. The molecule has 0 radical (unpaired) electrons. The molecule has 2 aromatic carbocycles. The molecule has 1 heterocycles. The van der Waals surface area contributed by atoms with Gasteiger partial charge in [-0.1, -0.05) is 52.9 Å². The third-order valence-corrected chi connectivity index (χ3v) is 5.56. The summed E-state index contributed by atoms with van der Waals surface area (Å²) in [6.07, 6.45) is 0.324. The zero-order valence-corrected chi connectivity index (χ0v) is 16.2. The lowest BCUT2D eigenvalue weighted by atomic mass is 10.2. The molecule has 0 unspecified atom stereocenters. The number of thioether (sulfide) groups is 1. The Labute approximate surface area is 165 Å². The number of aromatic nitrogens is 2. The van der Waals surface area contributed by atoms with Gasteiger partial charge in [-0.25, -0.2) is 0 Å². The second kappa shape index (κ2) is 9.16. The van der Waals surface area contributed by atoms with E-state index in [1.165, 1.54) is 28.7 Å². The van der Waals surface area contributed by atoms with Crippen LogP contribution in [0.1, 0.15) is 17.5 Å². The third-order valence-electron chi connectivity index (χ3n) is 3.59. The summed E-state index contributed by atoms with van der Waals surface area (Å²) >= 11 is 2.93. The van der Waals surface area contributed by atoms with Crippen LogP contribution in [0.2, 0.25) is 0 Å². The molecule has 3 aromatic rings. The van der Waals surface area contributed by atoms with Crippen LogP contribution in [0.4, 0.5) is 16.5 Å². The van der Waals surface area contributed by atoms with Crippen molar-refractivity contribution in [1.82, 2.24) is 10.2 Å². The predicted molar refractivity (Wildman–Crippen MR) is 109 cm³/mol. The normalized spacial score (nSPS) is 10.2. The fraction of sp³-hybridized carbons (Fsp3) is 0.158. The lowest BCUT2D eigenvalue weighted by molar-refractivity contribution is -0.115. The third kappa shape index (κ3) is 5.54. The average molecular weight is 396 g/mol. The number of benzene rings is 2. The van der Waals surface area contributed by atoms with Crippen LogP contribution in [0.25, 0.3) is 0 Å². The molecule has 136 valence electrons. The van der Waals surface area contributed by atoms with Gasteiger partial charge in [0.2, 0.25) is 11.0 Å². The molecule has 0 saturated carbocycles. The summed E-state index contributed by atoms with van der Waals surface area (Å²) in [6, 6.07) is 17.1. The van der Waals surface area contributed by atoms with Gasteiger partial charge in [0, 0.05) is 17.9 Å². The van der Waals surface area contributed by atoms with Gasteiger partial charge in [0.15, 0.2) is 4.34 Å². The Morgan fingerprint density at radius 1 is 1.19 bits per heavy atom. The first kappa shape index (κ1) is 18.9. The van der Waals surface area contributed by atoms with Gasteiger partial charge >= 0.3 is 0 Å². The minimum atomic E-state index is -0.132. The monoisotopic (exact) mass is 395 g/mol. The quantitative estimate of drug-likeness (QED) is 0.569. The molecule has 0 aliphatic heterocycles. The summed E-state index contributed by atoms with van der Waals surface area (Å²) in [5, 5.41) is 24.0. The highest BCUT2D eigenvalue weighted by Gasteiger charge is 2.09. The van der Waals surface area contributed by atoms with E-state index in [9.17, 15) is 4.79 Å². The van der Waals surface area contributed by atoms with Crippen LogP contribution in [0.15, 0.2) is 52.9 Å². The first-order chi connectivity index (χ1) is 13.1. The fourth-order valence-electron chi connectivity index (χ4n) is 2.21. The number of rotatable bonds is 7. The van der Waals surface area contributed by atoms with Crippen LogP contribution < -0.4 is 10.6 Å². The van der Waals surface area contributed by atoms with Crippen molar-refractivity contribution in [3.8, 4) is 6.07 Å². The molecule has 0 fully saturated rings. The van der Waals surface area contributed by atoms with E-state index in [0.29, 0.717) is 28.6 Å². The number of hydrogen-bond acceptors (Lipinski definition) is 7. The van der Waals surface area contributed by atoms with Crippen LogP contribution in [0, 0.1) is 18.3 Å². The molecule has 1 aromatic heterocycles. The van der Waals surface area contributed by atoms with Gasteiger partial charge < -0.3 is 10.6 Å². The molecule has 1 amide bonds. The molecule has 0 bridgehead atoms. The van der Waals surface area contributed by atoms with Gasteiger partial charge in [0.1, 0.15) is 6.07 Å². The number of hydrogen-bond donors (Lipinski definition) is 2. The molecule has 0 aliphatic rings. The molecule has 0 atom stereocenters. The maximum absolute atomic E-state index is 12.1. The van der Waals surface area contributed by atoms with Crippen molar-refractivity contribution in [1.29, 1.82) is 5.26 Å². The maximum Gasteiger partial charge on any atom is 0.225 e. The SMILES string of the molecule is Cc1ccc(Nc2nnc(SCCC(=O)Nc3ccccc3C#N)s2)cc1. The molecule has 8 heteroatoms. The van der Waals surface area contributed by atoms with Crippen molar-refractivity contribution >= 4 is 45.5 Å². The molecule has 27 heavy (non-hydrogen) atoms. The number of nitrogens with one attached hydrogen (secondary N) is 2. The van der Waals surface area contributed by atoms with E-state index in [1.807, 2.05) is 31.2 Å². The lowest BCUT2D eigenvalue weighted by Gasteiger charge is -2.05. The smallest absolute Gasteiger partial charge is 0.225 e. The summed E-state index contributed by atoms with van der Waals surface area (Å²) in [7, 11) is 0. The lowest BCUT2D eigenvalue weighted by Crippen LogP contribution is -2.13. The molecule has 0 saturated heterocycles. The molecule has 6 nitrogen and oxygen atoms in total. The Hall–Kier alpha value is -2.89. The first-order valence-corrected chi connectivity index (χ1v) is 10.0. The fourth-order valence-corrected chi connectivity index (χ4v) is 3.99. The van der Waals surface area contributed by atoms with Crippen molar-refractivity contribution < 1.29 is 4.79 Å². The van der Waals surface area contributed by atoms with Crippen molar-refractivity contribution in [3.63, 3.8) is 0 Å². The largest absolute Gasteiger partial charge is 0.330 e. The summed E-state index contributed by atoms with van der Waals surface area (Å²) in [6.45, 7) is 2.04. The minimum Gasteiger partial charge on any atom is -0.330 e. The Bertz CT molecular complexity index is 963. The van der Waals surface area contributed by atoms with Crippen LogP contribution >= 0.6 is 23.1 Å². The summed E-state index contributed by atoms with van der Waals surface area (Å²) < 4.78 is 0.801. The highest BCUT2D eigenvalue weighted by atomic mass is 32.2. The van der Waals surface area contributed by atoms with E-state index in [-0.39, 0.29) is 5.91 Å². The Kier molecular flexibility index (Phi) is 6.41. The number of carbonyl (C=O) groups is 1. The Morgan fingerprint density at radius 3 is 2.74 bits per heavy atom. The van der Waals surface area contributed by atoms with E-state index in [1.54, 1.807) is 24.3 Å². The van der Waals surface area contributed by atoms with E-state index in [2.05, 4.69) is 26.9 Å². The molecule has 0 spiro atoms. The zero-order chi connectivity index (χ0) is 19.1. The van der Waals surface area contributed by atoms with Crippen molar-refractivity contribution in [2.75, 3.05) is 16.4 Å². The van der Waals surface area contributed by atoms with E-state index in [4.69, 9.17) is 5.26 Å². The van der Waals surface area contributed by atoms with Crippen molar-refractivity contribution in [3.05, 3.63) is 59.7 Å². The zero-order valence-electron chi connectivity index (χ0n) is 14.6. The minimum absolute atomic E-state index is 0.132. The number of carbonyl (C=O) groups excluding carboxylic acids is 1. The van der Waals surface area contributed by atoms with Crippen molar-refractivity contribution in [2.45, 2.75) is 17.7 Å². The predicted octanol–water partition coefficient (Wildman–Crippen LogP) is 4.58. The molecule has 2 N–H and O–H groups in total. The Morgan fingerprint density at radius 2 is 1.96 bits per heavy atom. The topological polar surface area (TPSA) is 90.7 Å². The molecular weight excluding hydrogens is 378 g/mol. The number of amides is 1. The van der Waals surface area contributed by atoms with Gasteiger partial charge in [-0.2, -0.15) is 5.26 Å². The molecule has 3 rings (SSSR count). The maximum atomic E-state index is 12.1. The first-order valence-electron chi connectivity index (χ1n) is 8.23. The number of aryl methyl sites for hydroxylation is 1. The number of nitriles is 1. The Balaban J connectivity index is 1.46. The van der Waals surface area contributed by atoms with Gasteiger partial charge in [0.25, 0.3) is 0 Å². The average Bonchev–Trinajstić information content (AvgIpc) is 3.11. The van der Waals surface area contributed by atoms with E-state index in [0.717, 1.165) is 10.0 Å². The standard InChI is InChI=1S/C19H17N5OS2/c1-13-6-8-15(9-7-13)21-18-23-24-19(27-18)26-11-10-17(25)22-16-5-3-2-4-14(16)12-20/h2-9H,10-11H2,1H3,(H,21,23)(H,22,25). The number of anilines is 3. The van der Waals surface area contributed by atoms with Gasteiger partial charge in [0.05, 0.1) is 11.3 Å². The summed E-state index contributed by atoms with van der Waals surface area (Å²) in [5.74, 6) is 0.451. The van der Waals surface area contributed by atoms with Crippen LogP contribution in [-0.2, 0) is 4.79 Å². The molecular formula is C19H17N5OS2. The van der Waals surface area contributed by atoms with Crippen LogP contribution in [-0.4, -0.2) is 21.9 Å². The summed E-state index contributed by atoms with van der Waals surface area (Å²) in [4.78, 5) is 12.1. The van der Waals surface area contributed by atoms with Crippen LogP contribution in [0.5, 0.6) is 0 Å². The van der Waals surface area contributed by atoms with Gasteiger partial charge in [-0.05, 0) is 31.2 Å². The second-order valence-electron chi connectivity index (χ2n) is 5.67.